The average molecular weight is 302 g/mol. The Labute approximate surface area is 135 Å². The van der Waals surface area contributed by atoms with Gasteiger partial charge in [0.15, 0.2) is 11.7 Å². The van der Waals surface area contributed by atoms with E-state index in [9.17, 15) is 0 Å². The van der Waals surface area contributed by atoms with E-state index >= 15 is 0 Å². The van der Waals surface area contributed by atoms with Crippen LogP contribution in [0.15, 0.2) is 67.0 Å². The van der Waals surface area contributed by atoms with Crippen molar-refractivity contribution in [3.8, 4) is 11.3 Å². The predicted molar refractivity (Wildman–Crippen MR) is 93.2 cm³/mol. The second-order valence-corrected chi connectivity index (χ2v) is 5.88. The van der Waals surface area contributed by atoms with Crippen LogP contribution in [0, 0.1) is 0 Å². The number of rotatable bonds is 4. The lowest BCUT2D eigenvalue weighted by atomic mass is 10.1. The van der Waals surface area contributed by atoms with E-state index in [2.05, 4.69) is 76.8 Å². The number of aryl methyl sites for hydroxylation is 1. The van der Waals surface area contributed by atoms with Gasteiger partial charge in [-0.15, -0.1) is 0 Å². The van der Waals surface area contributed by atoms with Crippen LogP contribution < -0.4 is 4.57 Å². The first-order chi connectivity index (χ1) is 11.4. The maximum Gasteiger partial charge on any atom is 0.214 e. The fraction of sp³-hybridized carbons (Fsp3) is 0.200. The molecule has 0 amide bonds. The number of hydrogen-bond donors (Lipinski definition) is 0. The molecule has 3 nitrogen and oxygen atoms in total. The number of benzene rings is 1. The van der Waals surface area contributed by atoms with Gasteiger partial charge in [-0.25, -0.2) is 4.98 Å². The molecule has 0 saturated carbocycles. The highest BCUT2D eigenvalue weighted by Crippen LogP contribution is 2.22. The summed E-state index contributed by atoms with van der Waals surface area (Å²) in [6, 6.07) is 19.0. The normalized spacial score (nSPS) is 11.3. The maximum atomic E-state index is 4.76. The fourth-order valence-corrected chi connectivity index (χ4v) is 3.07. The molecule has 0 bridgehead atoms. The number of imidazole rings is 1. The van der Waals surface area contributed by atoms with Crippen molar-refractivity contribution in [1.82, 2.24) is 9.38 Å². The molecule has 4 aromatic rings. The van der Waals surface area contributed by atoms with Crippen LogP contribution in [-0.4, -0.2) is 9.38 Å². The molecule has 3 aromatic heterocycles. The third-order valence-electron chi connectivity index (χ3n) is 4.28. The molecule has 0 unspecified atom stereocenters. The zero-order chi connectivity index (χ0) is 15.6. The number of nitrogens with zero attached hydrogens (tertiary/aromatic N) is 3. The third kappa shape index (κ3) is 2.48. The molecule has 114 valence electrons. The molecule has 0 spiro atoms. The molecule has 0 saturated heterocycles. The largest absolute Gasteiger partial charge is 0.299 e. The van der Waals surface area contributed by atoms with Gasteiger partial charge in [-0.1, -0.05) is 37.6 Å². The van der Waals surface area contributed by atoms with Gasteiger partial charge >= 0.3 is 0 Å². The average Bonchev–Trinajstić information content (AvgIpc) is 2.97. The SMILES string of the molecule is CCCC[n+]1cc2nc3ccccn3c2cc1-c1ccccc1. The topological polar surface area (TPSA) is 21.2 Å². The van der Waals surface area contributed by atoms with Crippen molar-refractivity contribution in [2.45, 2.75) is 26.3 Å². The van der Waals surface area contributed by atoms with Crippen molar-refractivity contribution in [2.75, 3.05) is 0 Å². The molecular weight excluding hydrogens is 282 g/mol. The summed E-state index contributed by atoms with van der Waals surface area (Å²) in [7, 11) is 0. The molecular formula is C20H20N3+. The lowest BCUT2D eigenvalue weighted by Crippen LogP contribution is -2.36. The fourth-order valence-electron chi connectivity index (χ4n) is 3.07. The molecule has 1 aromatic carbocycles. The second-order valence-electron chi connectivity index (χ2n) is 5.88. The number of aromatic nitrogens is 3. The zero-order valence-corrected chi connectivity index (χ0v) is 13.3. The summed E-state index contributed by atoms with van der Waals surface area (Å²) in [5.74, 6) is 0. The monoisotopic (exact) mass is 302 g/mol. The van der Waals surface area contributed by atoms with Crippen LogP contribution in [0.5, 0.6) is 0 Å². The van der Waals surface area contributed by atoms with Gasteiger partial charge in [0, 0.05) is 24.2 Å². The standard InChI is InChI=1S/C20H20N3/c1-2-3-12-22-15-17-19(23-13-8-7-11-20(23)21-17)14-18(22)16-9-5-4-6-10-16/h4-11,13-15H,2-3,12H2,1H3/q+1. The predicted octanol–water partition coefficient (Wildman–Crippen LogP) is 4.24. The minimum atomic E-state index is 0.995. The van der Waals surface area contributed by atoms with Gasteiger partial charge in [0.05, 0.1) is 5.52 Å². The number of hydrogen-bond acceptors (Lipinski definition) is 1. The van der Waals surface area contributed by atoms with Gasteiger partial charge in [0.1, 0.15) is 12.2 Å². The van der Waals surface area contributed by atoms with Gasteiger partial charge in [-0.3, -0.25) is 4.40 Å². The summed E-state index contributed by atoms with van der Waals surface area (Å²) in [6.45, 7) is 3.25. The smallest absolute Gasteiger partial charge is 0.214 e. The van der Waals surface area contributed by atoms with Crippen molar-refractivity contribution >= 4 is 16.7 Å². The molecule has 23 heavy (non-hydrogen) atoms. The van der Waals surface area contributed by atoms with Crippen LogP contribution in [0.25, 0.3) is 27.9 Å². The van der Waals surface area contributed by atoms with Gasteiger partial charge in [0.25, 0.3) is 0 Å². The van der Waals surface area contributed by atoms with Crippen molar-refractivity contribution in [2.24, 2.45) is 0 Å². The molecule has 3 heterocycles. The summed E-state index contributed by atoms with van der Waals surface area (Å²) in [6.07, 6.45) is 6.63. The van der Waals surface area contributed by atoms with Gasteiger partial charge in [-0.2, -0.15) is 4.57 Å². The van der Waals surface area contributed by atoms with Gasteiger partial charge < -0.3 is 0 Å². The molecule has 0 aliphatic heterocycles. The summed E-state index contributed by atoms with van der Waals surface area (Å²) in [5, 5.41) is 0. The van der Waals surface area contributed by atoms with Crippen molar-refractivity contribution < 1.29 is 4.57 Å². The summed E-state index contributed by atoms with van der Waals surface area (Å²) < 4.78 is 4.50. The van der Waals surface area contributed by atoms with Crippen LogP contribution in [0.1, 0.15) is 19.8 Å². The molecule has 0 aliphatic rings. The molecule has 0 radical (unpaired) electrons. The first-order valence-corrected chi connectivity index (χ1v) is 8.22. The quantitative estimate of drug-likeness (QED) is 0.517. The molecule has 0 fully saturated rings. The highest BCUT2D eigenvalue weighted by molar-refractivity contribution is 5.81. The van der Waals surface area contributed by atoms with Crippen LogP contribution in [0.4, 0.5) is 0 Å². The van der Waals surface area contributed by atoms with E-state index in [0.717, 1.165) is 23.2 Å². The Morgan fingerprint density at radius 1 is 1.04 bits per heavy atom. The molecule has 3 heteroatoms. The van der Waals surface area contributed by atoms with E-state index in [1.807, 2.05) is 6.07 Å². The minimum absolute atomic E-state index is 0.995. The highest BCUT2D eigenvalue weighted by Gasteiger charge is 2.17. The summed E-state index contributed by atoms with van der Waals surface area (Å²) in [4.78, 5) is 4.76. The third-order valence-corrected chi connectivity index (χ3v) is 4.28. The molecule has 0 N–H and O–H groups in total. The van der Waals surface area contributed by atoms with Crippen LogP contribution in [0.3, 0.4) is 0 Å². The zero-order valence-electron chi connectivity index (χ0n) is 13.3. The van der Waals surface area contributed by atoms with E-state index in [1.165, 1.54) is 24.1 Å². The Bertz CT molecular complexity index is 955. The number of unbranched alkanes of at least 4 members (excludes halogenated alkanes) is 1. The van der Waals surface area contributed by atoms with Crippen molar-refractivity contribution in [1.29, 1.82) is 0 Å². The first kappa shape index (κ1) is 13.9. The van der Waals surface area contributed by atoms with Crippen molar-refractivity contribution in [3.63, 3.8) is 0 Å². The van der Waals surface area contributed by atoms with Crippen LogP contribution in [-0.2, 0) is 6.54 Å². The molecule has 0 atom stereocenters. The van der Waals surface area contributed by atoms with E-state index in [0.29, 0.717) is 0 Å². The summed E-state index contributed by atoms with van der Waals surface area (Å²) >= 11 is 0. The number of pyridine rings is 2. The van der Waals surface area contributed by atoms with Crippen molar-refractivity contribution in [3.05, 3.63) is 67.0 Å². The Hall–Kier alpha value is -2.68. The van der Waals surface area contributed by atoms with E-state index in [4.69, 9.17) is 4.98 Å². The first-order valence-electron chi connectivity index (χ1n) is 8.22. The Morgan fingerprint density at radius 3 is 2.70 bits per heavy atom. The molecule has 4 rings (SSSR count). The van der Waals surface area contributed by atoms with E-state index < -0.39 is 0 Å². The Balaban J connectivity index is 1.98. The van der Waals surface area contributed by atoms with E-state index in [1.54, 1.807) is 0 Å². The van der Waals surface area contributed by atoms with Crippen LogP contribution >= 0.6 is 0 Å². The Kier molecular flexibility index (Phi) is 3.54. The highest BCUT2D eigenvalue weighted by atomic mass is 15.0. The second kappa shape index (κ2) is 5.84. The van der Waals surface area contributed by atoms with E-state index in [-0.39, 0.29) is 0 Å². The number of fused-ring (bicyclic) bond motifs is 3. The summed E-state index contributed by atoms with van der Waals surface area (Å²) in [5.41, 5.74) is 5.70. The van der Waals surface area contributed by atoms with Crippen LogP contribution in [0.2, 0.25) is 0 Å². The maximum absolute atomic E-state index is 4.76. The Morgan fingerprint density at radius 2 is 1.87 bits per heavy atom. The lowest BCUT2D eigenvalue weighted by Gasteiger charge is -2.04. The minimum Gasteiger partial charge on any atom is -0.299 e. The van der Waals surface area contributed by atoms with Gasteiger partial charge in [-0.05, 0) is 24.3 Å². The lowest BCUT2D eigenvalue weighted by molar-refractivity contribution is -0.685. The molecule has 0 aliphatic carbocycles. The van der Waals surface area contributed by atoms with Gasteiger partial charge in [0.2, 0.25) is 5.69 Å².